The summed E-state index contributed by atoms with van der Waals surface area (Å²) in [7, 11) is 0. The summed E-state index contributed by atoms with van der Waals surface area (Å²) in [5.41, 5.74) is 14.8. The molecule has 1 heteroatoms. The van der Waals surface area contributed by atoms with Crippen LogP contribution in [0.3, 0.4) is 0 Å². The zero-order valence-electron chi connectivity index (χ0n) is 31.5. The van der Waals surface area contributed by atoms with E-state index in [1.807, 2.05) is 0 Å². The van der Waals surface area contributed by atoms with Gasteiger partial charge in [-0.05, 0) is 0 Å². The molecule has 0 amide bonds. The molecule has 0 nitrogen and oxygen atoms in total. The molecule has 248 valence electrons. The summed E-state index contributed by atoms with van der Waals surface area (Å²) in [6.45, 7) is 28.0. The summed E-state index contributed by atoms with van der Waals surface area (Å²) in [5.74, 6) is 0. The molecule has 4 aromatic rings. The van der Waals surface area contributed by atoms with E-state index < -0.39 is 21.3 Å². The van der Waals surface area contributed by atoms with Gasteiger partial charge in [0.05, 0.1) is 0 Å². The van der Waals surface area contributed by atoms with Gasteiger partial charge in [-0.15, -0.1) is 0 Å². The molecule has 0 spiro atoms. The maximum atomic E-state index is 2.54. The quantitative estimate of drug-likeness (QED) is 0.198. The SMILES string of the molecule is CC(C)(C)c1ccc([C](c2ccc(C(C)(C)C)cc2)=[Zr]([CH]2C=CC=C2)[CH]2c3ccc(C(C)(C)C)cc3-c3cc(C(C)(C)C)ccc32)cc1. The van der Waals surface area contributed by atoms with Gasteiger partial charge in [-0.2, -0.15) is 0 Å². The number of benzene rings is 4. The van der Waals surface area contributed by atoms with E-state index in [4.69, 9.17) is 0 Å². The maximum absolute atomic E-state index is 2.73. The molecule has 2 aliphatic rings. The van der Waals surface area contributed by atoms with Gasteiger partial charge in [0.15, 0.2) is 0 Å². The van der Waals surface area contributed by atoms with Gasteiger partial charge in [0.2, 0.25) is 0 Å². The van der Waals surface area contributed by atoms with E-state index in [1.165, 1.54) is 44.5 Å². The fourth-order valence-electron chi connectivity index (χ4n) is 7.43. The summed E-state index contributed by atoms with van der Waals surface area (Å²) in [6.07, 6.45) is 9.64. The Morgan fingerprint density at radius 3 is 1.10 bits per heavy atom. The molecule has 0 N–H and O–H groups in total. The van der Waals surface area contributed by atoms with Crippen LogP contribution in [0.1, 0.15) is 131 Å². The molecular formula is C47H56Zr. The van der Waals surface area contributed by atoms with Crippen molar-refractivity contribution in [2.45, 2.75) is 112 Å². The number of rotatable bonds is 4. The molecule has 0 aliphatic heterocycles. The average Bonchev–Trinajstić information content (AvgIpc) is 3.65. The molecule has 0 saturated carbocycles. The second kappa shape index (κ2) is 12.5. The molecule has 0 heterocycles. The third-order valence-corrected chi connectivity index (χ3v) is 19.1. The fraction of sp³-hybridized carbons (Fsp3) is 0.383. The van der Waals surface area contributed by atoms with Gasteiger partial charge in [-0.1, -0.05) is 0 Å². The summed E-state index contributed by atoms with van der Waals surface area (Å²) < 4.78 is 2.51. The second-order valence-corrected chi connectivity index (χ2v) is 24.8. The fourth-order valence-corrected chi connectivity index (χ4v) is 16.8. The van der Waals surface area contributed by atoms with E-state index in [9.17, 15) is 0 Å². The molecule has 2 aliphatic carbocycles. The van der Waals surface area contributed by atoms with Crippen molar-refractivity contribution in [3.8, 4) is 11.1 Å². The van der Waals surface area contributed by atoms with Crippen molar-refractivity contribution >= 4 is 3.21 Å². The summed E-state index contributed by atoms with van der Waals surface area (Å²) in [4.78, 5) is 0. The predicted octanol–water partition coefficient (Wildman–Crippen LogP) is 12.7. The van der Waals surface area contributed by atoms with E-state index in [1.54, 1.807) is 14.3 Å². The molecule has 4 aromatic carbocycles. The van der Waals surface area contributed by atoms with Crippen LogP contribution in [-0.2, 0) is 42.9 Å². The van der Waals surface area contributed by atoms with Crippen molar-refractivity contribution in [1.82, 2.24) is 0 Å². The van der Waals surface area contributed by atoms with Crippen molar-refractivity contribution in [3.05, 3.63) is 154 Å². The van der Waals surface area contributed by atoms with Crippen LogP contribution in [0.25, 0.3) is 11.1 Å². The Labute approximate surface area is 299 Å². The van der Waals surface area contributed by atoms with Crippen LogP contribution in [-0.4, -0.2) is 3.21 Å². The first kappa shape index (κ1) is 35.0. The number of allylic oxidation sites excluding steroid dienone is 4. The van der Waals surface area contributed by atoms with Crippen molar-refractivity contribution < 1.29 is 21.3 Å². The van der Waals surface area contributed by atoms with Gasteiger partial charge < -0.3 is 0 Å². The Morgan fingerprint density at radius 1 is 0.438 bits per heavy atom. The average molecular weight is 712 g/mol. The Balaban J connectivity index is 1.70. The van der Waals surface area contributed by atoms with Crippen LogP contribution in [0.5, 0.6) is 0 Å². The minimum absolute atomic E-state index is 0.0916. The topological polar surface area (TPSA) is 0 Å². The normalized spacial score (nSPS) is 15.2. The molecule has 0 bridgehead atoms. The first-order valence-electron chi connectivity index (χ1n) is 17.9. The van der Waals surface area contributed by atoms with Crippen molar-refractivity contribution in [2.24, 2.45) is 0 Å². The van der Waals surface area contributed by atoms with Gasteiger partial charge in [-0.25, -0.2) is 0 Å². The van der Waals surface area contributed by atoms with Gasteiger partial charge >= 0.3 is 301 Å². The zero-order valence-corrected chi connectivity index (χ0v) is 34.0. The van der Waals surface area contributed by atoms with E-state index in [2.05, 4.69) is 192 Å². The van der Waals surface area contributed by atoms with E-state index in [0.717, 1.165) is 0 Å². The van der Waals surface area contributed by atoms with Crippen LogP contribution in [0.2, 0.25) is 3.63 Å². The summed E-state index contributed by atoms with van der Waals surface area (Å²) >= 11 is -2.73. The molecule has 0 fully saturated rings. The minimum atomic E-state index is -2.73. The number of hydrogen-bond acceptors (Lipinski definition) is 0. The second-order valence-electron chi connectivity index (χ2n) is 18.3. The van der Waals surface area contributed by atoms with Crippen LogP contribution in [0.15, 0.2) is 109 Å². The van der Waals surface area contributed by atoms with E-state index >= 15 is 0 Å². The van der Waals surface area contributed by atoms with Gasteiger partial charge in [0, 0.05) is 0 Å². The van der Waals surface area contributed by atoms with E-state index in [0.29, 0.717) is 7.25 Å². The van der Waals surface area contributed by atoms with Crippen molar-refractivity contribution in [1.29, 1.82) is 0 Å². The molecule has 0 saturated heterocycles. The van der Waals surface area contributed by atoms with Gasteiger partial charge in [0.25, 0.3) is 0 Å². The summed E-state index contributed by atoms with van der Waals surface area (Å²) in [6, 6.07) is 34.3. The van der Waals surface area contributed by atoms with Crippen LogP contribution >= 0.6 is 0 Å². The molecule has 6 rings (SSSR count). The van der Waals surface area contributed by atoms with E-state index in [-0.39, 0.29) is 21.7 Å². The number of hydrogen-bond donors (Lipinski definition) is 0. The Hall–Kier alpha value is -2.89. The molecule has 0 atom stereocenters. The first-order chi connectivity index (χ1) is 22.3. The monoisotopic (exact) mass is 710 g/mol. The Morgan fingerprint density at radius 2 is 0.771 bits per heavy atom. The number of fused-ring (bicyclic) bond motifs is 3. The van der Waals surface area contributed by atoms with Crippen molar-refractivity contribution in [2.75, 3.05) is 0 Å². The molecule has 0 aromatic heterocycles. The Kier molecular flexibility index (Phi) is 9.08. The van der Waals surface area contributed by atoms with Crippen LogP contribution in [0.4, 0.5) is 0 Å². The zero-order chi connectivity index (χ0) is 34.8. The predicted molar refractivity (Wildman–Crippen MR) is 207 cm³/mol. The third kappa shape index (κ3) is 6.79. The molecule has 0 radical (unpaired) electrons. The van der Waals surface area contributed by atoms with Crippen molar-refractivity contribution in [3.63, 3.8) is 0 Å². The first-order valence-corrected chi connectivity index (χ1v) is 22.0. The van der Waals surface area contributed by atoms with Crippen LogP contribution in [0, 0.1) is 0 Å². The standard InChI is InChI=1S/C21H25.C21H26.C5H5.Zr/c1-20(2,3)16-9-7-14-11-15-8-10-17(21(4,5)6)13-19(15)18(14)12-16;1-20(2,3)18-11-7-16(8-12-18)15-17-9-13-19(14-10-17)21(4,5)6;1-2-4-5-3-1;/h7-13H,1-6H3;7-14H,1-6H3;1-5H;. The molecule has 0 unspecified atom stereocenters. The summed E-state index contributed by atoms with van der Waals surface area (Å²) in [5, 5.41) is 0. The molecular weight excluding hydrogens is 656 g/mol. The van der Waals surface area contributed by atoms with Gasteiger partial charge in [0.1, 0.15) is 0 Å². The van der Waals surface area contributed by atoms with Gasteiger partial charge in [-0.3, -0.25) is 0 Å². The van der Waals surface area contributed by atoms with Crippen LogP contribution < -0.4 is 0 Å². The molecule has 48 heavy (non-hydrogen) atoms. The third-order valence-electron chi connectivity index (χ3n) is 10.5. The Bertz CT molecular complexity index is 1780.